The van der Waals surface area contributed by atoms with Gasteiger partial charge in [-0.05, 0) is 36.6 Å². The highest BCUT2D eigenvalue weighted by atomic mass is 35.5. The first kappa shape index (κ1) is 12.2. The fraction of sp³-hybridized carbons (Fsp3) is 0.231. The number of hydrogen-bond donors (Lipinski definition) is 0. The first-order valence-corrected chi connectivity index (χ1v) is 6.00. The molecular weight excluding hydrogens is 255 g/mol. The summed E-state index contributed by atoms with van der Waals surface area (Å²) < 4.78 is 0. The summed E-state index contributed by atoms with van der Waals surface area (Å²) in [4.78, 5) is 4.36. The summed E-state index contributed by atoms with van der Waals surface area (Å²) in [6, 6.07) is 7.80. The van der Waals surface area contributed by atoms with Crippen molar-refractivity contribution < 1.29 is 0 Å². The molecule has 0 spiro atoms. The van der Waals surface area contributed by atoms with E-state index >= 15 is 0 Å². The number of hydrogen-bond acceptors (Lipinski definition) is 2. The maximum Gasteiger partial charge on any atom is 0.133 e. The molecular formula is C13H10Cl2N2. The normalized spacial score (nSPS) is 10.5. The van der Waals surface area contributed by atoms with Crippen LogP contribution >= 0.6 is 23.2 Å². The van der Waals surface area contributed by atoms with Gasteiger partial charge < -0.3 is 0 Å². The van der Waals surface area contributed by atoms with E-state index in [-0.39, 0.29) is 0 Å². The maximum atomic E-state index is 8.59. The average Bonchev–Trinajstić information content (AvgIpc) is 2.32. The molecule has 0 aliphatic rings. The molecule has 0 fully saturated rings. The van der Waals surface area contributed by atoms with Crippen LogP contribution in [0.4, 0.5) is 0 Å². The van der Waals surface area contributed by atoms with E-state index < -0.39 is 0 Å². The van der Waals surface area contributed by atoms with Gasteiger partial charge in [0, 0.05) is 16.8 Å². The molecule has 0 saturated carbocycles. The van der Waals surface area contributed by atoms with Crippen LogP contribution < -0.4 is 0 Å². The lowest BCUT2D eigenvalue weighted by molar-refractivity contribution is 1.00. The van der Waals surface area contributed by atoms with Gasteiger partial charge in [-0.25, -0.2) is 4.98 Å². The van der Waals surface area contributed by atoms with Gasteiger partial charge in [0.25, 0.3) is 0 Å². The fourth-order valence-corrected chi connectivity index (χ4v) is 2.19. The molecule has 1 aromatic heterocycles. The Balaban J connectivity index is 2.63. The Morgan fingerprint density at radius 3 is 2.82 bits per heavy atom. The van der Waals surface area contributed by atoms with E-state index in [4.69, 9.17) is 28.5 Å². The summed E-state index contributed by atoms with van der Waals surface area (Å²) in [6.45, 7) is 1.97. The number of pyridine rings is 1. The summed E-state index contributed by atoms with van der Waals surface area (Å²) in [5.41, 5.74) is 2.73. The fourth-order valence-electron chi connectivity index (χ4n) is 1.75. The van der Waals surface area contributed by atoms with E-state index in [2.05, 4.69) is 11.1 Å². The molecule has 0 radical (unpaired) electrons. The number of nitrogens with zero attached hydrogens (tertiary/aromatic N) is 2. The SMILES string of the molecule is Cc1ccc(Cl)c2cc(CCC#N)c(Cl)nc12. The van der Waals surface area contributed by atoms with Gasteiger partial charge in [-0.3, -0.25) is 0 Å². The Labute approximate surface area is 110 Å². The molecule has 4 heteroatoms. The molecule has 0 saturated heterocycles. The van der Waals surface area contributed by atoms with Gasteiger partial charge in [0.15, 0.2) is 0 Å². The third-order valence-electron chi connectivity index (χ3n) is 2.67. The van der Waals surface area contributed by atoms with E-state index in [0.29, 0.717) is 23.0 Å². The largest absolute Gasteiger partial charge is 0.235 e. The number of nitriles is 1. The lowest BCUT2D eigenvalue weighted by Gasteiger charge is -2.07. The van der Waals surface area contributed by atoms with Gasteiger partial charge in [0.05, 0.1) is 11.6 Å². The van der Waals surface area contributed by atoms with Crippen LogP contribution in [-0.2, 0) is 6.42 Å². The number of rotatable bonds is 2. The van der Waals surface area contributed by atoms with Crippen LogP contribution in [-0.4, -0.2) is 4.98 Å². The minimum atomic E-state index is 0.427. The highest BCUT2D eigenvalue weighted by Crippen LogP contribution is 2.29. The molecule has 1 heterocycles. The number of benzene rings is 1. The molecule has 0 atom stereocenters. The Kier molecular flexibility index (Phi) is 3.51. The third-order valence-corrected chi connectivity index (χ3v) is 3.32. The lowest BCUT2D eigenvalue weighted by Crippen LogP contribution is -1.92. The minimum Gasteiger partial charge on any atom is -0.235 e. The van der Waals surface area contributed by atoms with Gasteiger partial charge in [0.2, 0.25) is 0 Å². The van der Waals surface area contributed by atoms with Crippen molar-refractivity contribution >= 4 is 34.1 Å². The molecule has 0 N–H and O–H groups in total. The van der Waals surface area contributed by atoms with Crippen molar-refractivity contribution in [2.45, 2.75) is 19.8 Å². The zero-order valence-corrected chi connectivity index (χ0v) is 10.8. The Bertz CT molecular complexity index is 615. The predicted octanol–water partition coefficient (Wildman–Crippen LogP) is 4.31. The molecule has 2 rings (SSSR count). The maximum absolute atomic E-state index is 8.59. The summed E-state index contributed by atoms with van der Waals surface area (Å²) >= 11 is 12.2. The average molecular weight is 265 g/mol. The minimum absolute atomic E-state index is 0.427. The molecule has 0 bridgehead atoms. The molecule has 0 aliphatic heterocycles. The quantitative estimate of drug-likeness (QED) is 0.759. The van der Waals surface area contributed by atoms with Crippen molar-refractivity contribution in [2.24, 2.45) is 0 Å². The summed E-state index contributed by atoms with van der Waals surface area (Å²) in [6.07, 6.45) is 1.03. The third kappa shape index (κ3) is 2.36. The van der Waals surface area contributed by atoms with Gasteiger partial charge in [-0.2, -0.15) is 5.26 Å². The Morgan fingerprint density at radius 1 is 1.35 bits per heavy atom. The lowest BCUT2D eigenvalue weighted by atomic mass is 10.1. The van der Waals surface area contributed by atoms with E-state index in [1.807, 2.05) is 25.1 Å². The topological polar surface area (TPSA) is 36.7 Å². The van der Waals surface area contributed by atoms with Crippen LogP contribution in [0.3, 0.4) is 0 Å². The van der Waals surface area contributed by atoms with E-state index in [1.165, 1.54) is 0 Å². The second kappa shape index (κ2) is 4.91. The van der Waals surface area contributed by atoms with Crippen LogP contribution in [0.25, 0.3) is 10.9 Å². The standard InChI is InChI=1S/C13H10Cl2N2/c1-8-4-5-11(14)10-7-9(3-2-6-16)13(15)17-12(8)10/h4-5,7H,2-3H2,1H3. The zero-order valence-electron chi connectivity index (χ0n) is 9.30. The van der Waals surface area contributed by atoms with Gasteiger partial charge in [-0.1, -0.05) is 29.3 Å². The Morgan fingerprint density at radius 2 is 2.12 bits per heavy atom. The highest BCUT2D eigenvalue weighted by molar-refractivity contribution is 6.36. The van der Waals surface area contributed by atoms with Gasteiger partial charge >= 0.3 is 0 Å². The molecule has 2 aromatic rings. The monoisotopic (exact) mass is 264 g/mol. The van der Waals surface area contributed by atoms with Crippen molar-refractivity contribution in [1.29, 1.82) is 5.26 Å². The van der Waals surface area contributed by atoms with Crippen molar-refractivity contribution in [3.05, 3.63) is 39.5 Å². The zero-order chi connectivity index (χ0) is 12.4. The van der Waals surface area contributed by atoms with Crippen molar-refractivity contribution in [3.8, 4) is 6.07 Å². The molecule has 17 heavy (non-hydrogen) atoms. The van der Waals surface area contributed by atoms with Gasteiger partial charge in [0.1, 0.15) is 5.15 Å². The number of halogens is 2. The van der Waals surface area contributed by atoms with Crippen molar-refractivity contribution in [3.63, 3.8) is 0 Å². The molecule has 1 aromatic carbocycles. The predicted molar refractivity (Wildman–Crippen MR) is 70.4 cm³/mol. The van der Waals surface area contributed by atoms with E-state index in [0.717, 1.165) is 22.0 Å². The van der Waals surface area contributed by atoms with Crippen molar-refractivity contribution in [1.82, 2.24) is 4.98 Å². The molecule has 86 valence electrons. The number of fused-ring (bicyclic) bond motifs is 1. The summed E-state index contributed by atoms with van der Waals surface area (Å²) in [5.74, 6) is 0. The molecule has 2 nitrogen and oxygen atoms in total. The summed E-state index contributed by atoms with van der Waals surface area (Å²) in [7, 11) is 0. The number of aromatic nitrogens is 1. The van der Waals surface area contributed by atoms with Crippen LogP contribution in [0.1, 0.15) is 17.5 Å². The van der Waals surface area contributed by atoms with Crippen LogP contribution in [0.2, 0.25) is 10.2 Å². The van der Waals surface area contributed by atoms with Crippen molar-refractivity contribution in [2.75, 3.05) is 0 Å². The molecule has 0 unspecified atom stereocenters. The number of aryl methyl sites for hydroxylation is 2. The Hall–Kier alpha value is -1.30. The molecule has 0 amide bonds. The van der Waals surface area contributed by atoms with E-state index in [9.17, 15) is 0 Å². The second-order valence-corrected chi connectivity index (χ2v) is 4.62. The summed E-state index contributed by atoms with van der Waals surface area (Å²) in [5, 5.41) is 10.6. The van der Waals surface area contributed by atoms with Crippen LogP contribution in [0.15, 0.2) is 18.2 Å². The van der Waals surface area contributed by atoms with Crippen LogP contribution in [0, 0.1) is 18.3 Å². The second-order valence-electron chi connectivity index (χ2n) is 3.86. The first-order valence-electron chi connectivity index (χ1n) is 5.24. The van der Waals surface area contributed by atoms with Crippen LogP contribution in [0.5, 0.6) is 0 Å². The van der Waals surface area contributed by atoms with E-state index in [1.54, 1.807) is 0 Å². The molecule has 0 aliphatic carbocycles. The smallest absolute Gasteiger partial charge is 0.133 e. The van der Waals surface area contributed by atoms with Gasteiger partial charge in [-0.15, -0.1) is 0 Å². The highest BCUT2D eigenvalue weighted by Gasteiger charge is 2.09. The first-order chi connectivity index (χ1) is 8.13.